The number of nitrogens with one attached hydrogen (secondary N) is 2. The van der Waals surface area contributed by atoms with E-state index in [9.17, 15) is 19.5 Å². The standard InChI is InChI=1S/C22H29Cl2N3O4/c1-13(2)10-19(28)25-8-9-27-12-16(20(29)22(27)31)21(30)26-14(3)4-5-15-6-7-17(23)18(24)11-15/h6-7,11,13-14,29H,4-5,8-10,12H2,1-3H3,(H,25,28)(H,26,30). The van der Waals surface area contributed by atoms with Crippen molar-refractivity contribution < 1.29 is 19.5 Å². The molecule has 31 heavy (non-hydrogen) atoms. The lowest BCUT2D eigenvalue weighted by Gasteiger charge is -2.17. The van der Waals surface area contributed by atoms with Gasteiger partial charge in [-0.25, -0.2) is 0 Å². The molecule has 0 saturated heterocycles. The van der Waals surface area contributed by atoms with Gasteiger partial charge in [-0.2, -0.15) is 0 Å². The summed E-state index contributed by atoms with van der Waals surface area (Å²) in [5.74, 6) is -1.46. The van der Waals surface area contributed by atoms with E-state index in [4.69, 9.17) is 23.2 Å². The normalized spacial score (nSPS) is 14.9. The second-order valence-corrected chi connectivity index (χ2v) is 8.98. The van der Waals surface area contributed by atoms with E-state index in [-0.39, 0.29) is 43.1 Å². The molecule has 0 saturated carbocycles. The van der Waals surface area contributed by atoms with Crippen molar-refractivity contribution in [2.75, 3.05) is 19.6 Å². The predicted octanol–water partition coefficient (Wildman–Crippen LogP) is 3.25. The van der Waals surface area contributed by atoms with Gasteiger partial charge < -0.3 is 20.6 Å². The van der Waals surface area contributed by atoms with Crippen molar-refractivity contribution in [3.05, 3.63) is 45.1 Å². The van der Waals surface area contributed by atoms with E-state index in [1.807, 2.05) is 26.8 Å². The van der Waals surface area contributed by atoms with Crippen molar-refractivity contribution in [2.45, 2.75) is 46.1 Å². The third-order valence-corrected chi connectivity index (χ3v) is 5.66. The first-order chi connectivity index (χ1) is 14.6. The van der Waals surface area contributed by atoms with Crippen LogP contribution in [0.2, 0.25) is 10.0 Å². The number of aryl methyl sites for hydroxylation is 1. The zero-order valence-corrected chi connectivity index (χ0v) is 19.5. The molecule has 9 heteroatoms. The number of halogens is 2. The lowest BCUT2D eigenvalue weighted by Crippen LogP contribution is -2.38. The first kappa shape index (κ1) is 25.0. The van der Waals surface area contributed by atoms with Crippen molar-refractivity contribution in [1.29, 1.82) is 0 Å². The quantitative estimate of drug-likeness (QED) is 0.489. The van der Waals surface area contributed by atoms with Crippen LogP contribution in [0.4, 0.5) is 0 Å². The van der Waals surface area contributed by atoms with Crippen molar-refractivity contribution in [1.82, 2.24) is 15.5 Å². The number of hydrogen-bond donors (Lipinski definition) is 3. The molecule has 1 aromatic carbocycles. The second-order valence-electron chi connectivity index (χ2n) is 8.16. The number of carbonyl (C=O) groups is 3. The fourth-order valence-corrected chi connectivity index (χ4v) is 3.53. The molecule has 7 nitrogen and oxygen atoms in total. The van der Waals surface area contributed by atoms with E-state index in [1.54, 1.807) is 12.1 Å². The Bertz CT molecular complexity index is 870. The van der Waals surface area contributed by atoms with Gasteiger partial charge in [0.1, 0.15) is 0 Å². The van der Waals surface area contributed by atoms with Crippen LogP contribution in [0.25, 0.3) is 0 Å². The molecule has 3 amide bonds. The van der Waals surface area contributed by atoms with Crippen LogP contribution < -0.4 is 10.6 Å². The summed E-state index contributed by atoms with van der Waals surface area (Å²) in [6.45, 7) is 6.24. The molecule has 0 spiro atoms. The lowest BCUT2D eigenvalue weighted by molar-refractivity contribution is -0.128. The van der Waals surface area contributed by atoms with E-state index >= 15 is 0 Å². The summed E-state index contributed by atoms with van der Waals surface area (Å²) in [5.41, 5.74) is 1.04. The minimum absolute atomic E-state index is 0.00998. The Morgan fingerprint density at radius 2 is 1.90 bits per heavy atom. The summed E-state index contributed by atoms with van der Waals surface area (Å²) in [7, 11) is 0. The zero-order valence-electron chi connectivity index (χ0n) is 18.0. The first-order valence-electron chi connectivity index (χ1n) is 10.3. The van der Waals surface area contributed by atoms with Crippen LogP contribution in [0.15, 0.2) is 29.5 Å². The van der Waals surface area contributed by atoms with Crippen LogP contribution in [0.1, 0.15) is 39.2 Å². The van der Waals surface area contributed by atoms with Gasteiger partial charge in [-0.1, -0.05) is 43.1 Å². The van der Waals surface area contributed by atoms with Crippen molar-refractivity contribution >= 4 is 40.9 Å². The van der Waals surface area contributed by atoms with Gasteiger partial charge in [0.15, 0.2) is 5.76 Å². The minimum atomic E-state index is -0.605. The summed E-state index contributed by atoms with van der Waals surface area (Å²) in [6.07, 6.45) is 1.74. The number of benzene rings is 1. The Morgan fingerprint density at radius 3 is 2.55 bits per heavy atom. The highest BCUT2D eigenvalue weighted by atomic mass is 35.5. The highest BCUT2D eigenvalue weighted by Gasteiger charge is 2.34. The Kier molecular flexibility index (Phi) is 9.19. The van der Waals surface area contributed by atoms with Crippen molar-refractivity contribution in [2.24, 2.45) is 5.92 Å². The molecule has 1 heterocycles. The van der Waals surface area contributed by atoms with Crippen LogP contribution in [0.3, 0.4) is 0 Å². The third-order valence-electron chi connectivity index (χ3n) is 4.92. The molecule has 0 radical (unpaired) electrons. The average molecular weight is 470 g/mol. The molecule has 0 bridgehead atoms. The van der Waals surface area contributed by atoms with E-state index in [2.05, 4.69) is 10.6 Å². The fraction of sp³-hybridized carbons (Fsp3) is 0.500. The number of nitrogens with zero attached hydrogens (tertiary/aromatic N) is 1. The SMILES string of the molecule is CC(C)CC(=O)NCCN1CC(C(=O)NC(C)CCc2ccc(Cl)c(Cl)c2)=C(O)C1=O. The van der Waals surface area contributed by atoms with Crippen molar-refractivity contribution in [3.8, 4) is 0 Å². The second kappa shape index (κ2) is 11.4. The summed E-state index contributed by atoms with van der Waals surface area (Å²) >= 11 is 11.9. The number of rotatable bonds is 10. The van der Waals surface area contributed by atoms with Crippen LogP contribution in [0.5, 0.6) is 0 Å². The Labute approximate surface area is 192 Å². The third kappa shape index (κ3) is 7.43. The van der Waals surface area contributed by atoms with E-state index in [0.717, 1.165) is 5.56 Å². The molecule has 1 aliphatic heterocycles. The molecule has 0 fully saturated rings. The molecule has 0 aromatic heterocycles. The lowest BCUT2D eigenvalue weighted by atomic mass is 10.1. The monoisotopic (exact) mass is 469 g/mol. The van der Waals surface area contributed by atoms with Crippen LogP contribution in [-0.4, -0.2) is 53.4 Å². The van der Waals surface area contributed by atoms with Crippen LogP contribution >= 0.6 is 23.2 Å². The Hall–Kier alpha value is -2.25. The van der Waals surface area contributed by atoms with E-state index in [0.29, 0.717) is 29.3 Å². The van der Waals surface area contributed by atoms with Gasteiger partial charge in [-0.15, -0.1) is 0 Å². The largest absolute Gasteiger partial charge is 0.503 e. The molecule has 170 valence electrons. The van der Waals surface area contributed by atoms with Crippen LogP contribution in [0, 0.1) is 5.92 Å². The van der Waals surface area contributed by atoms with Gasteiger partial charge in [-0.3, -0.25) is 14.4 Å². The fourth-order valence-electron chi connectivity index (χ4n) is 3.21. The number of carbonyl (C=O) groups excluding carboxylic acids is 3. The van der Waals surface area contributed by atoms with Gasteiger partial charge in [-0.05, 0) is 43.4 Å². The van der Waals surface area contributed by atoms with E-state index < -0.39 is 17.6 Å². The Balaban J connectivity index is 1.81. The summed E-state index contributed by atoms with van der Waals surface area (Å²) in [4.78, 5) is 37.8. The number of hydrogen-bond acceptors (Lipinski definition) is 4. The molecule has 3 N–H and O–H groups in total. The van der Waals surface area contributed by atoms with Crippen LogP contribution in [-0.2, 0) is 20.8 Å². The highest BCUT2D eigenvalue weighted by molar-refractivity contribution is 6.42. The van der Waals surface area contributed by atoms with E-state index in [1.165, 1.54) is 4.90 Å². The molecular weight excluding hydrogens is 441 g/mol. The predicted molar refractivity (Wildman–Crippen MR) is 121 cm³/mol. The number of aliphatic hydroxyl groups is 1. The maximum Gasteiger partial charge on any atom is 0.289 e. The maximum atomic E-state index is 12.6. The molecule has 1 unspecified atom stereocenters. The first-order valence-corrected chi connectivity index (χ1v) is 11.1. The van der Waals surface area contributed by atoms with Gasteiger partial charge in [0.25, 0.3) is 11.8 Å². The van der Waals surface area contributed by atoms with Gasteiger partial charge in [0.05, 0.1) is 22.2 Å². The topological polar surface area (TPSA) is 98.7 Å². The Morgan fingerprint density at radius 1 is 1.19 bits per heavy atom. The van der Waals surface area contributed by atoms with Gasteiger partial charge in [0.2, 0.25) is 5.91 Å². The number of aliphatic hydroxyl groups excluding tert-OH is 1. The van der Waals surface area contributed by atoms with Gasteiger partial charge in [0, 0.05) is 25.6 Å². The summed E-state index contributed by atoms with van der Waals surface area (Å²) in [6, 6.07) is 5.22. The number of amides is 3. The molecule has 1 aliphatic rings. The minimum Gasteiger partial charge on any atom is -0.503 e. The van der Waals surface area contributed by atoms with Gasteiger partial charge >= 0.3 is 0 Å². The maximum absolute atomic E-state index is 12.6. The summed E-state index contributed by atoms with van der Waals surface area (Å²) in [5, 5.41) is 16.7. The molecule has 2 rings (SSSR count). The summed E-state index contributed by atoms with van der Waals surface area (Å²) < 4.78 is 0. The van der Waals surface area contributed by atoms with Crippen molar-refractivity contribution in [3.63, 3.8) is 0 Å². The highest BCUT2D eigenvalue weighted by Crippen LogP contribution is 2.23. The molecule has 1 aromatic rings. The smallest absolute Gasteiger partial charge is 0.289 e. The average Bonchev–Trinajstić information content (AvgIpc) is 2.97. The molecule has 0 aliphatic carbocycles. The molecule has 1 atom stereocenters. The zero-order chi connectivity index (χ0) is 23.1. The molecular formula is C22H29Cl2N3O4.